The molecule has 0 aromatic heterocycles. The summed E-state index contributed by atoms with van der Waals surface area (Å²) in [6, 6.07) is 0. The number of hydrogen-bond donors (Lipinski definition) is 0. The fraction of sp³-hybridized carbons (Fsp3) is 0.889. The molecule has 2 rings (SSSR count). The molecule has 1 aliphatic carbocycles. The lowest BCUT2D eigenvalue weighted by atomic mass is 9.78. The Bertz CT molecular complexity index is 185. The Hall–Kier alpha value is 0.200. The lowest BCUT2D eigenvalue weighted by Crippen LogP contribution is -2.35. The molecular formula is C9H13IO2. The number of hydrogen-bond acceptors (Lipinski definition) is 2. The average Bonchev–Trinajstić information content (AvgIpc) is 2.41. The van der Waals surface area contributed by atoms with Gasteiger partial charge in [-0.15, -0.1) is 0 Å². The van der Waals surface area contributed by atoms with Crippen LogP contribution in [0.4, 0.5) is 0 Å². The topological polar surface area (TPSA) is 26.3 Å². The van der Waals surface area contributed by atoms with E-state index in [1.807, 2.05) is 0 Å². The van der Waals surface area contributed by atoms with Gasteiger partial charge in [0.05, 0.1) is 6.42 Å². The van der Waals surface area contributed by atoms with Crippen LogP contribution in [0.3, 0.4) is 0 Å². The first-order valence-corrected chi connectivity index (χ1v) is 5.76. The van der Waals surface area contributed by atoms with Crippen molar-refractivity contribution < 1.29 is 9.53 Å². The van der Waals surface area contributed by atoms with Crippen LogP contribution in [0.25, 0.3) is 0 Å². The van der Waals surface area contributed by atoms with Gasteiger partial charge >= 0.3 is 5.97 Å². The van der Waals surface area contributed by atoms with Gasteiger partial charge in [-0.05, 0) is 18.8 Å². The predicted molar refractivity (Wildman–Crippen MR) is 54.2 cm³/mol. The van der Waals surface area contributed by atoms with Crippen LogP contribution in [0.2, 0.25) is 0 Å². The molecule has 3 heteroatoms. The molecule has 4 atom stereocenters. The second-order valence-corrected chi connectivity index (χ2v) is 5.49. The molecule has 2 fully saturated rings. The Morgan fingerprint density at radius 1 is 1.50 bits per heavy atom. The third-order valence-electron chi connectivity index (χ3n) is 3.08. The van der Waals surface area contributed by atoms with E-state index in [-0.39, 0.29) is 12.1 Å². The van der Waals surface area contributed by atoms with Crippen molar-refractivity contribution in [3.05, 3.63) is 0 Å². The second kappa shape index (κ2) is 3.16. The van der Waals surface area contributed by atoms with Crippen molar-refractivity contribution in [2.75, 3.05) is 0 Å². The van der Waals surface area contributed by atoms with Crippen molar-refractivity contribution in [1.82, 2.24) is 0 Å². The maximum absolute atomic E-state index is 11.1. The van der Waals surface area contributed by atoms with Crippen molar-refractivity contribution in [3.8, 4) is 0 Å². The van der Waals surface area contributed by atoms with Crippen LogP contribution in [0.1, 0.15) is 26.2 Å². The summed E-state index contributed by atoms with van der Waals surface area (Å²) in [4.78, 5) is 11.1. The lowest BCUT2D eigenvalue weighted by Gasteiger charge is -2.32. The molecule has 0 bridgehead atoms. The summed E-state index contributed by atoms with van der Waals surface area (Å²) in [5.74, 6) is 1.20. The number of alkyl halides is 1. The van der Waals surface area contributed by atoms with E-state index in [1.165, 1.54) is 12.8 Å². The van der Waals surface area contributed by atoms with Gasteiger partial charge in [0.15, 0.2) is 0 Å². The molecule has 0 aromatic rings. The van der Waals surface area contributed by atoms with Crippen LogP contribution in [-0.4, -0.2) is 16.0 Å². The Morgan fingerprint density at radius 3 is 2.92 bits per heavy atom. The number of fused-ring (bicyclic) bond motifs is 1. The lowest BCUT2D eigenvalue weighted by molar-refractivity contribution is -0.141. The van der Waals surface area contributed by atoms with Gasteiger partial charge in [0.25, 0.3) is 0 Å². The molecular weight excluding hydrogens is 267 g/mol. The maximum atomic E-state index is 11.1. The molecule has 0 N–H and O–H groups in total. The molecule has 0 aromatic carbocycles. The number of halogens is 1. The first-order valence-electron chi connectivity index (χ1n) is 4.52. The van der Waals surface area contributed by atoms with Crippen LogP contribution >= 0.6 is 22.6 Å². The largest absolute Gasteiger partial charge is 0.461 e. The molecule has 1 saturated heterocycles. The van der Waals surface area contributed by atoms with E-state index in [1.54, 1.807) is 0 Å². The summed E-state index contributed by atoms with van der Waals surface area (Å²) >= 11 is 2.42. The minimum atomic E-state index is 0.0143. The molecule has 2 aliphatic rings. The van der Waals surface area contributed by atoms with Crippen molar-refractivity contribution in [3.63, 3.8) is 0 Å². The van der Waals surface area contributed by atoms with Crippen LogP contribution in [0.15, 0.2) is 0 Å². The number of carbonyl (C=O) groups excluding carboxylic acids is 1. The van der Waals surface area contributed by atoms with Gasteiger partial charge in [0.1, 0.15) is 6.10 Å². The normalized spacial score (nSPS) is 47.0. The fourth-order valence-corrected chi connectivity index (χ4v) is 3.30. The van der Waals surface area contributed by atoms with E-state index in [4.69, 9.17) is 4.74 Å². The SMILES string of the molecule is CC1CCC(I)C2OC(=O)CC12. The molecule has 4 unspecified atom stereocenters. The molecule has 1 aliphatic heterocycles. The summed E-state index contributed by atoms with van der Waals surface area (Å²) in [5.41, 5.74) is 0. The third-order valence-corrected chi connectivity index (χ3v) is 4.41. The summed E-state index contributed by atoms with van der Waals surface area (Å²) in [6.45, 7) is 2.24. The highest BCUT2D eigenvalue weighted by Crippen LogP contribution is 2.41. The first kappa shape index (κ1) is 8.78. The van der Waals surface area contributed by atoms with Crippen LogP contribution in [-0.2, 0) is 9.53 Å². The number of rotatable bonds is 0. The zero-order chi connectivity index (χ0) is 8.72. The smallest absolute Gasteiger partial charge is 0.306 e. The summed E-state index contributed by atoms with van der Waals surface area (Å²) in [7, 11) is 0. The Kier molecular flexibility index (Phi) is 2.31. The van der Waals surface area contributed by atoms with Crippen molar-refractivity contribution in [1.29, 1.82) is 0 Å². The second-order valence-electron chi connectivity index (χ2n) is 3.89. The zero-order valence-electron chi connectivity index (χ0n) is 7.13. The Balaban J connectivity index is 2.14. The first-order chi connectivity index (χ1) is 5.68. The Labute approximate surface area is 86.2 Å². The molecule has 12 heavy (non-hydrogen) atoms. The number of carbonyl (C=O) groups is 1. The summed E-state index contributed by atoms with van der Waals surface area (Å²) in [6.07, 6.45) is 3.34. The number of ether oxygens (including phenoxy) is 1. The fourth-order valence-electron chi connectivity index (χ4n) is 2.26. The molecule has 0 amide bonds. The zero-order valence-corrected chi connectivity index (χ0v) is 9.28. The minimum absolute atomic E-state index is 0.0143. The minimum Gasteiger partial charge on any atom is -0.461 e. The quantitative estimate of drug-likeness (QED) is 0.386. The van der Waals surface area contributed by atoms with Crippen LogP contribution in [0.5, 0.6) is 0 Å². The molecule has 68 valence electrons. The van der Waals surface area contributed by atoms with E-state index in [0.29, 0.717) is 22.2 Å². The van der Waals surface area contributed by atoms with E-state index in [0.717, 1.165) is 0 Å². The van der Waals surface area contributed by atoms with E-state index >= 15 is 0 Å². The maximum Gasteiger partial charge on any atom is 0.306 e. The van der Waals surface area contributed by atoms with Gasteiger partial charge in [-0.3, -0.25) is 4.79 Å². The Morgan fingerprint density at radius 2 is 2.25 bits per heavy atom. The van der Waals surface area contributed by atoms with Crippen molar-refractivity contribution >= 4 is 28.6 Å². The third kappa shape index (κ3) is 1.36. The standard InChI is InChI=1S/C9H13IO2/c1-5-2-3-7(10)9-6(5)4-8(11)12-9/h5-7,9H,2-4H2,1H3. The van der Waals surface area contributed by atoms with Gasteiger partial charge in [0.2, 0.25) is 0 Å². The number of esters is 1. The summed E-state index contributed by atoms with van der Waals surface area (Å²) < 4.78 is 5.85. The highest BCUT2D eigenvalue weighted by atomic mass is 127. The molecule has 1 heterocycles. The van der Waals surface area contributed by atoms with Gasteiger partial charge < -0.3 is 4.74 Å². The molecule has 0 radical (unpaired) electrons. The summed E-state index contributed by atoms with van der Waals surface area (Å²) in [5, 5.41) is 0. The molecule has 1 saturated carbocycles. The highest BCUT2D eigenvalue weighted by molar-refractivity contribution is 14.1. The molecule has 0 spiro atoms. The van der Waals surface area contributed by atoms with E-state index in [2.05, 4.69) is 29.5 Å². The van der Waals surface area contributed by atoms with Crippen LogP contribution in [0, 0.1) is 11.8 Å². The predicted octanol–water partition coefficient (Wildman–Crippen LogP) is 2.15. The average molecular weight is 280 g/mol. The van der Waals surface area contributed by atoms with Crippen LogP contribution < -0.4 is 0 Å². The van der Waals surface area contributed by atoms with Gasteiger partial charge in [-0.2, -0.15) is 0 Å². The van der Waals surface area contributed by atoms with E-state index in [9.17, 15) is 4.79 Å². The van der Waals surface area contributed by atoms with Gasteiger partial charge in [-0.25, -0.2) is 0 Å². The highest BCUT2D eigenvalue weighted by Gasteiger charge is 2.44. The molecule has 2 nitrogen and oxygen atoms in total. The van der Waals surface area contributed by atoms with E-state index < -0.39 is 0 Å². The van der Waals surface area contributed by atoms with Crippen molar-refractivity contribution in [2.45, 2.75) is 36.2 Å². The van der Waals surface area contributed by atoms with Gasteiger partial charge in [-0.1, -0.05) is 29.5 Å². The van der Waals surface area contributed by atoms with Crippen molar-refractivity contribution in [2.24, 2.45) is 11.8 Å². The van der Waals surface area contributed by atoms with Gasteiger partial charge in [0, 0.05) is 9.84 Å². The monoisotopic (exact) mass is 280 g/mol.